The molecule has 6 heteroatoms. The number of hydrogen-bond acceptors (Lipinski definition) is 4. The molecule has 1 aliphatic heterocycles. The summed E-state index contributed by atoms with van der Waals surface area (Å²) in [6, 6.07) is 16.4. The van der Waals surface area contributed by atoms with Crippen molar-refractivity contribution in [3.8, 4) is 0 Å². The van der Waals surface area contributed by atoms with Gasteiger partial charge in [-0.1, -0.05) is 36.4 Å². The van der Waals surface area contributed by atoms with E-state index in [0.29, 0.717) is 0 Å². The lowest BCUT2D eigenvalue weighted by Gasteiger charge is -2.23. The summed E-state index contributed by atoms with van der Waals surface area (Å²) < 4.78 is 25.5. The minimum Gasteiger partial charge on any atom is -0.480 e. The van der Waals surface area contributed by atoms with Crippen LogP contribution in [0.1, 0.15) is 6.42 Å². The maximum Gasteiger partial charge on any atom is 0.326 e. The highest BCUT2D eigenvalue weighted by molar-refractivity contribution is 7.92. The first-order chi connectivity index (χ1) is 11.0. The monoisotopic (exact) mass is 331 g/mol. The smallest absolute Gasteiger partial charge is 0.326 e. The Kier molecular flexibility index (Phi) is 4.09. The number of hydrogen-bond donors (Lipinski definition) is 1. The van der Waals surface area contributed by atoms with Crippen molar-refractivity contribution in [2.45, 2.75) is 22.6 Å². The van der Waals surface area contributed by atoms with Gasteiger partial charge >= 0.3 is 5.97 Å². The summed E-state index contributed by atoms with van der Waals surface area (Å²) in [5, 5.41) is 8.73. The molecule has 120 valence electrons. The van der Waals surface area contributed by atoms with E-state index < -0.39 is 27.1 Å². The highest BCUT2D eigenvalue weighted by atomic mass is 32.2. The Bertz CT molecular complexity index is 790. The molecule has 3 rings (SSSR count). The summed E-state index contributed by atoms with van der Waals surface area (Å²) in [6.45, 7) is 0.179. The largest absolute Gasteiger partial charge is 0.480 e. The summed E-state index contributed by atoms with van der Waals surface area (Å²) in [7, 11) is -3.55. The van der Waals surface area contributed by atoms with Gasteiger partial charge in [0.15, 0.2) is 9.84 Å². The molecule has 1 N–H and O–H groups in total. The van der Waals surface area contributed by atoms with E-state index in [0.717, 1.165) is 5.69 Å². The molecule has 0 spiro atoms. The Balaban J connectivity index is 1.93. The zero-order valence-electron chi connectivity index (χ0n) is 12.4. The Morgan fingerprint density at radius 3 is 2.13 bits per heavy atom. The number of benzene rings is 2. The molecular weight excluding hydrogens is 314 g/mol. The Labute approximate surface area is 135 Å². The Morgan fingerprint density at radius 1 is 1.00 bits per heavy atom. The topological polar surface area (TPSA) is 74.7 Å². The van der Waals surface area contributed by atoms with Crippen LogP contribution in [-0.4, -0.2) is 37.3 Å². The highest BCUT2D eigenvalue weighted by Crippen LogP contribution is 2.31. The van der Waals surface area contributed by atoms with Crippen molar-refractivity contribution in [3.05, 3.63) is 60.7 Å². The van der Waals surface area contributed by atoms with Crippen molar-refractivity contribution < 1.29 is 18.3 Å². The standard InChI is InChI=1S/C17H17NO4S/c19-17(20)16-11-15(12-18(16)13-7-3-1-4-8-13)23(21,22)14-9-5-2-6-10-14/h1-10,15-16H,11-12H2,(H,19,20)/t15-,16+/m1/s1. The summed E-state index contributed by atoms with van der Waals surface area (Å²) in [5.41, 5.74) is 0.727. The van der Waals surface area contributed by atoms with Crippen molar-refractivity contribution in [3.63, 3.8) is 0 Å². The number of sulfone groups is 1. The zero-order chi connectivity index (χ0) is 16.4. The molecular formula is C17H17NO4S. The van der Waals surface area contributed by atoms with E-state index in [1.165, 1.54) is 0 Å². The van der Waals surface area contributed by atoms with Crippen LogP contribution in [0, 0.1) is 0 Å². The van der Waals surface area contributed by atoms with Crippen LogP contribution in [0.2, 0.25) is 0 Å². The van der Waals surface area contributed by atoms with Crippen LogP contribution in [0.15, 0.2) is 65.6 Å². The van der Waals surface area contributed by atoms with Crippen molar-refractivity contribution in [2.75, 3.05) is 11.4 Å². The van der Waals surface area contributed by atoms with E-state index in [4.69, 9.17) is 0 Å². The summed E-state index contributed by atoms with van der Waals surface area (Å²) in [5.74, 6) is -1.00. The number of aliphatic carboxylic acids is 1. The average Bonchev–Trinajstić information content (AvgIpc) is 3.03. The molecule has 0 unspecified atom stereocenters. The third-order valence-corrected chi connectivity index (χ3v) is 6.29. The molecule has 0 amide bonds. The van der Waals surface area contributed by atoms with E-state index >= 15 is 0 Å². The first-order valence-corrected chi connectivity index (χ1v) is 8.88. The SMILES string of the molecule is O=C(O)[C@@H]1C[C@@H](S(=O)(=O)c2ccccc2)CN1c1ccccc1. The van der Waals surface area contributed by atoms with E-state index in [9.17, 15) is 18.3 Å². The van der Waals surface area contributed by atoms with Gasteiger partial charge < -0.3 is 10.0 Å². The van der Waals surface area contributed by atoms with Crippen LogP contribution < -0.4 is 4.90 Å². The van der Waals surface area contributed by atoms with Gasteiger partial charge in [-0.05, 0) is 30.7 Å². The van der Waals surface area contributed by atoms with Gasteiger partial charge in [0.2, 0.25) is 0 Å². The van der Waals surface area contributed by atoms with Gasteiger partial charge in [-0.3, -0.25) is 0 Å². The lowest BCUT2D eigenvalue weighted by atomic mass is 10.2. The fourth-order valence-corrected chi connectivity index (χ4v) is 4.68. The second-order valence-corrected chi connectivity index (χ2v) is 7.79. The first-order valence-electron chi connectivity index (χ1n) is 7.33. The number of carboxylic acids is 1. The van der Waals surface area contributed by atoms with Crippen molar-refractivity contribution in [1.29, 1.82) is 0 Å². The van der Waals surface area contributed by atoms with Crippen LogP contribution in [-0.2, 0) is 14.6 Å². The maximum atomic E-state index is 12.8. The molecule has 5 nitrogen and oxygen atoms in total. The zero-order valence-corrected chi connectivity index (χ0v) is 13.2. The van der Waals surface area contributed by atoms with Crippen molar-refractivity contribution in [2.24, 2.45) is 0 Å². The van der Waals surface area contributed by atoms with Crippen LogP contribution in [0.4, 0.5) is 5.69 Å². The number of anilines is 1. The lowest BCUT2D eigenvalue weighted by molar-refractivity contribution is -0.138. The van der Waals surface area contributed by atoms with Gasteiger partial charge in [-0.2, -0.15) is 0 Å². The van der Waals surface area contributed by atoms with Crippen LogP contribution >= 0.6 is 0 Å². The predicted molar refractivity (Wildman–Crippen MR) is 87.2 cm³/mol. The average molecular weight is 331 g/mol. The number of para-hydroxylation sites is 1. The van der Waals surface area contributed by atoms with Gasteiger partial charge in [0.05, 0.1) is 10.1 Å². The minimum absolute atomic E-state index is 0.0848. The molecule has 1 saturated heterocycles. The third-order valence-electron chi connectivity index (χ3n) is 4.15. The van der Waals surface area contributed by atoms with E-state index in [2.05, 4.69) is 0 Å². The van der Waals surface area contributed by atoms with Crippen LogP contribution in [0.5, 0.6) is 0 Å². The lowest BCUT2D eigenvalue weighted by Crippen LogP contribution is -2.36. The third kappa shape index (κ3) is 2.94. The molecule has 1 heterocycles. The summed E-state index contributed by atoms with van der Waals surface area (Å²) in [6.07, 6.45) is 0.0848. The van der Waals surface area contributed by atoms with E-state index in [-0.39, 0.29) is 17.9 Å². The second kappa shape index (κ2) is 6.04. The second-order valence-electron chi connectivity index (χ2n) is 5.56. The van der Waals surface area contributed by atoms with Gasteiger partial charge in [0.25, 0.3) is 0 Å². The molecule has 23 heavy (non-hydrogen) atoms. The summed E-state index contributed by atoms with van der Waals surface area (Å²) in [4.78, 5) is 13.5. The van der Waals surface area contributed by atoms with E-state index in [1.807, 2.05) is 18.2 Å². The molecule has 2 atom stereocenters. The molecule has 1 aliphatic rings. The fourth-order valence-electron chi connectivity index (χ4n) is 2.96. The number of carboxylic acid groups (broad SMARTS) is 1. The molecule has 1 fully saturated rings. The normalized spacial score (nSPS) is 21.3. The van der Waals surface area contributed by atoms with Crippen LogP contribution in [0.25, 0.3) is 0 Å². The van der Waals surface area contributed by atoms with Gasteiger partial charge in [0.1, 0.15) is 6.04 Å². The first kappa shape index (κ1) is 15.6. The number of nitrogens with zero attached hydrogens (tertiary/aromatic N) is 1. The predicted octanol–water partition coefficient (Wildman–Crippen LogP) is 2.19. The van der Waals surface area contributed by atoms with E-state index in [1.54, 1.807) is 47.4 Å². The Hall–Kier alpha value is -2.34. The molecule has 0 aliphatic carbocycles. The highest BCUT2D eigenvalue weighted by Gasteiger charge is 2.43. The molecule has 0 radical (unpaired) electrons. The minimum atomic E-state index is -3.55. The van der Waals surface area contributed by atoms with Crippen molar-refractivity contribution >= 4 is 21.5 Å². The van der Waals surface area contributed by atoms with Gasteiger partial charge in [-0.25, -0.2) is 13.2 Å². The summed E-state index contributed by atoms with van der Waals surface area (Å²) >= 11 is 0. The molecule has 2 aromatic carbocycles. The molecule has 0 saturated carbocycles. The molecule has 0 aromatic heterocycles. The molecule has 0 bridgehead atoms. The number of carbonyl (C=O) groups is 1. The molecule has 2 aromatic rings. The maximum absolute atomic E-state index is 12.8. The number of rotatable bonds is 4. The van der Waals surface area contributed by atoms with Crippen molar-refractivity contribution in [1.82, 2.24) is 0 Å². The van der Waals surface area contributed by atoms with Gasteiger partial charge in [0, 0.05) is 12.2 Å². The fraction of sp³-hybridized carbons (Fsp3) is 0.235. The van der Waals surface area contributed by atoms with Gasteiger partial charge in [-0.15, -0.1) is 0 Å². The quantitative estimate of drug-likeness (QED) is 0.929. The Morgan fingerprint density at radius 2 is 1.57 bits per heavy atom. The van der Waals surface area contributed by atoms with Crippen LogP contribution in [0.3, 0.4) is 0 Å².